The summed E-state index contributed by atoms with van der Waals surface area (Å²) in [4.78, 5) is 6.19. The molecule has 0 unspecified atom stereocenters. The van der Waals surface area contributed by atoms with E-state index in [1.165, 1.54) is 16.0 Å². The van der Waals surface area contributed by atoms with Crippen LogP contribution in [0.2, 0.25) is 0 Å². The minimum atomic E-state index is 0.686. The molecule has 0 saturated heterocycles. The van der Waals surface area contributed by atoms with Crippen molar-refractivity contribution in [3.8, 4) is 17.0 Å². The Hall–Kier alpha value is -2.33. The summed E-state index contributed by atoms with van der Waals surface area (Å²) in [5, 5.41) is 4.37. The highest BCUT2D eigenvalue weighted by atomic mass is 32.1. The number of benzene rings is 2. The third kappa shape index (κ3) is 2.82. The smallest absolute Gasteiger partial charge is 0.187 e. The van der Waals surface area contributed by atoms with Crippen LogP contribution in [0.1, 0.15) is 17.4 Å². The summed E-state index contributed by atoms with van der Waals surface area (Å²) in [7, 11) is 0. The van der Waals surface area contributed by atoms with E-state index in [-0.39, 0.29) is 0 Å². The van der Waals surface area contributed by atoms with Crippen molar-refractivity contribution in [3.05, 3.63) is 59.0 Å². The SMILES string of the molecule is CCOc1ccc(Nc2nc3c(s2)CCc2ccccc2-3)cc1. The molecule has 1 aliphatic rings. The van der Waals surface area contributed by atoms with E-state index in [9.17, 15) is 0 Å². The molecule has 4 heteroatoms. The maximum atomic E-state index is 5.48. The number of rotatable bonds is 4. The summed E-state index contributed by atoms with van der Waals surface area (Å²) in [6.07, 6.45) is 2.18. The fraction of sp³-hybridized carbons (Fsp3) is 0.211. The lowest BCUT2D eigenvalue weighted by atomic mass is 9.94. The quantitative estimate of drug-likeness (QED) is 0.730. The number of aryl methyl sites for hydroxylation is 2. The van der Waals surface area contributed by atoms with E-state index in [0.717, 1.165) is 35.1 Å². The molecule has 1 aliphatic carbocycles. The number of hydrogen-bond acceptors (Lipinski definition) is 4. The lowest BCUT2D eigenvalue weighted by Crippen LogP contribution is -2.01. The van der Waals surface area contributed by atoms with Crippen molar-refractivity contribution < 1.29 is 4.74 Å². The van der Waals surface area contributed by atoms with Crippen molar-refractivity contribution in [2.75, 3.05) is 11.9 Å². The molecule has 23 heavy (non-hydrogen) atoms. The molecule has 0 aliphatic heterocycles. The van der Waals surface area contributed by atoms with Gasteiger partial charge >= 0.3 is 0 Å². The standard InChI is InChI=1S/C19H18N2OS/c1-2-22-15-10-8-14(9-11-15)20-19-21-18-16-6-4-3-5-13(16)7-12-17(18)23-19/h3-6,8-11H,2,7,12H2,1H3,(H,20,21). The van der Waals surface area contributed by atoms with Crippen LogP contribution >= 0.6 is 11.3 Å². The fourth-order valence-electron chi connectivity index (χ4n) is 2.93. The van der Waals surface area contributed by atoms with Crippen molar-refractivity contribution >= 4 is 22.2 Å². The third-order valence-electron chi connectivity index (χ3n) is 4.01. The molecule has 116 valence electrons. The summed E-state index contributed by atoms with van der Waals surface area (Å²) in [5.41, 5.74) is 4.86. The average molecular weight is 322 g/mol. The van der Waals surface area contributed by atoms with E-state index < -0.39 is 0 Å². The first kappa shape index (κ1) is 14.3. The van der Waals surface area contributed by atoms with E-state index in [4.69, 9.17) is 9.72 Å². The van der Waals surface area contributed by atoms with Crippen LogP contribution in [0.25, 0.3) is 11.3 Å². The van der Waals surface area contributed by atoms with Gasteiger partial charge in [0.2, 0.25) is 0 Å². The second kappa shape index (κ2) is 6.05. The van der Waals surface area contributed by atoms with Crippen LogP contribution in [-0.2, 0) is 12.8 Å². The zero-order valence-electron chi connectivity index (χ0n) is 13.0. The topological polar surface area (TPSA) is 34.1 Å². The van der Waals surface area contributed by atoms with Crippen molar-refractivity contribution in [1.29, 1.82) is 0 Å². The molecule has 0 amide bonds. The Morgan fingerprint density at radius 2 is 1.91 bits per heavy atom. The van der Waals surface area contributed by atoms with E-state index in [1.807, 2.05) is 31.2 Å². The number of anilines is 2. The fourth-order valence-corrected chi connectivity index (χ4v) is 3.92. The molecule has 1 aromatic heterocycles. The molecule has 4 rings (SSSR count). The zero-order valence-corrected chi connectivity index (χ0v) is 13.8. The summed E-state index contributed by atoms with van der Waals surface area (Å²) >= 11 is 1.75. The van der Waals surface area contributed by atoms with Crippen LogP contribution in [0.3, 0.4) is 0 Å². The Balaban J connectivity index is 1.59. The molecular weight excluding hydrogens is 304 g/mol. The highest BCUT2D eigenvalue weighted by Gasteiger charge is 2.20. The molecule has 3 aromatic rings. The van der Waals surface area contributed by atoms with Crippen LogP contribution in [0, 0.1) is 0 Å². The number of aromatic nitrogens is 1. The van der Waals surface area contributed by atoms with Crippen LogP contribution in [0.5, 0.6) is 5.75 Å². The van der Waals surface area contributed by atoms with Gasteiger partial charge in [0, 0.05) is 16.1 Å². The van der Waals surface area contributed by atoms with Gasteiger partial charge in [0.25, 0.3) is 0 Å². The third-order valence-corrected chi connectivity index (χ3v) is 5.04. The van der Waals surface area contributed by atoms with Crippen LogP contribution < -0.4 is 10.1 Å². The molecule has 3 nitrogen and oxygen atoms in total. The summed E-state index contributed by atoms with van der Waals surface area (Å²) in [6.45, 7) is 2.68. The molecule has 0 fully saturated rings. The van der Waals surface area contributed by atoms with E-state index >= 15 is 0 Å². The Labute approximate surface area is 140 Å². The van der Waals surface area contributed by atoms with Gasteiger partial charge in [0.15, 0.2) is 5.13 Å². The van der Waals surface area contributed by atoms with Gasteiger partial charge < -0.3 is 10.1 Å². The first-order valence-corrected chi connectivity index (χ1v) is 8.73. The molecule has 0 atom stereocenters. The van der Waals surface area contributed by atoms with E-state index in [0.29, 0.717) is 6.61 Å². The van der Waals surface area contributed by atoms with Crippen molar-refractivity contribution in [3.63, 3.8) is 0 Å². The van der Waals surface area contributed by atoms with Crippen molar-refractivity contribution in [2.45, 2.75) is 19.8 Å². The normalized spacial score (nSPS) is 12.4. The summed E-state index contributed by atoms with van der Waals surface area (Å²) in [5.74, 6) is 0.894. The Bertz CT molecular complexity index is 824. The van der Waals surface area contributed by atoms with Gasteiger partial charge in [-0.25, -0.2) is 4.98 Å². The van der Waals surface area contributed by atoms with Gasteiger partial charge in [0.1, 0.15) is 5.75 Å². The lowest BCUT2D eigenvalue weighted by Gasteiger charge is -2.13. The number of fused-ring (bicyclic) bond motifs is 3. The zero-order chi connectivity index (χ0) is 15.6. The Morgan fingerprint density at radius 3 is 2.74 bits per heavy atom. The summed E-state index contributed by atoms with van der Waals surface area (Å²) in [6, 6.07) is 16.6. The van der Waals surface area contributed by atoms with Crippen LogP contribution in [0.4, 0.5) is 10.8 Å². The average Bonchev–Trinajstić information content (AvgIpc) is 3.00. The van der Waals surface area contributed by atoms with Crippen LogP contribution in [0.15, 0.2) is 48.5 Å². The monoisotopic (exact) mass is 322 g/mol. The van der Waals surface area contributed by atoms with E-state index in [2.05, 4.69) is 29.6 Å². The first-order valence-electron chi connectivity index (χ1n) is 7.91. The number of nitrogens with one attached hydrogen (secondary N) is 1. The Kier molecular flexibility index (Phi) is 3.75. The molecule has 0 bridgehead atoms. The number of nitrogens with zero attached hydrogens (tertiary/aromatic N) is 1. The van der Waals surface area contributed by atoms with Gasteiger partial charge in [-0.1, -0.05) is 24.3 Å². The largest absolute Gasteiger partial charge is 0.494 e. The second-order valence-electron chi connectivity index (χ2n) is 5.53. The molecule has 0 radical (unpaired) electrons. The van der Waals surface area contributed by atoms with Gasteiger partial charge in [0.05, 0.1) is 12.3 Å². The molecular formula is C19H18N2OS. The highest BCUT2D eigenvalue weighted by molar-refractivity contribution is 7.16. The minimum absolute atomic E-state index is 0.686. The molecule has 2 aromatic carbocycles. The predicted octanol–water partition coefficient (Wildman–Crippen LogP) is 5.05. The minimum Gasteiger partial charge on any atom is -0.494 e. The molecule has 1 heterocycles. The maximum absolute atomic E-state index is 5.48. The Morgan fingerprint density at radius 1 is 1.09 bits per heavy atom. The highest BCUT2D eigenvalue weighted by Crippen LogP contribution is 2.38. The predicted molar refractivity (Wildman–Crippen MR) is 95.9 cm³/mol. The van der Waals surface area contributed by atoms with Crippen molar-refractivity contribution in [2.24, 2.45) is 0 Å². The number of thiazole rings is 1. The van der Waals surface area contributed by atoms with Crippen LogP contribution in [-0.4, -0.2) is 11.6 Å². The number of hydrogen-bond donors (Lipinski definition) is 1. The van der Waals surface area contributed by atoms with Gasteiger partial charge in [-0.2, -0.15) is 0 Å². The summed E-state index contributed by atoms with van der Waals surface area (Å²) < 4.78 is 5.48. The molecule has 0 spiro atoms. The first-order chi connectivity index (χ1) is 11.3. The maximum Gasteiger partial charge on any atom is 0.187 e. The van der Waals surface area contributed by atoms with Crippen molar-refractivity contribution in [1.82, 2.24) is 4.98 Å². The van der Waals surface area contributed by atoms with E-state index in [1.54, 1.807) is 11.3 Å². The number of ether oxygens (including phenoxy) is 1. The lowest BCUT2D eigenvalue weighted by molar-refractivity contribution is 0.340. The second-order valence-corrected chi connectivity index (χ2v) is 6.61. The molecule has 1 N–H and O–H groups in total. The van der Waals surface area contributed by atoms with Gasteiger partial charge in [-0.15, -0.1) is 11.3 Å². The molecule has 0 saturated carbocycles. The van der Waals surface area contributed by atoms with Gasteiger partial charge in [-0.3, -0.25) is 0 Å². The van der Waals surface area contributed by atoms with Gasteiger partial charge in [-0.05, 0) is 49.6 Å².